The van der Waals surface area contributed by atoms with E-state index in [1.54, 1.807) is 6.07 Å². The molecule has 0 atom stereocenters. The first-order valence-electron chi connectivity index (χ1n) is 8.16. The lowest BCUT2D eigenvalue weighted by atomic mass is 9.84. The Balaban J connectivity index is 1.86. The maximum Gasteiger partial charge on any atom is 0.252 e. The van der Waals surface area contributed by atoms with E-state index in [1.807, 2.05) is 24.3 Å². The fraction of sp³-hybridized carbons (Fsp3) is 0.300. The second-order valence-corrected chi connectivity index (χ2v) is 7.85. The molecule has 2 amide bonds. The molecule has 5 heteroatoms. The van der Waals surface area contributed by atoms with Crippen molar-refractivity contribution in [1.29, 1.82) is 0 Å². The van der Waals surface area contributed by atoms with Crippen molar-refractivity contribution in [3.63, 3.8) is 0 Å². The number of benzene rings is 2. The summed E-state index contributed by atoms with van der Waals surface area (Å²) in [5.74, 6) is -0.432. The number of carbonyl (C=O) groups excluding carboxylic acids is 2. The van der Waals surface area contributed by atoms with Gasteiger partial charge in [0.2, 0.25) is 5.91 Å². The molecule has 0 bridgehead atoms. The second kappa shape index (κ2) is 8.47. The van der Waals surface area contributed by atoms with E-state index in [0.29, 0.717) is 12.1 Å². The van der Waals surface area contributed by atoms with Crippen LogP contribution in [0.3, 0.4) is 0 Å². The lowest BCUT2D eigenvalue weighted by Gasteiger charge is -2.26. The molecule has 0 aromatic heterocycles. The number of halogens is 1. The van der Waals surface area contributed by atoms with Crippen LogP contribution in [-0.2, 0) is 10.2 Å². The van der Waals surface area contributed by atoms with Crippen molar-refractivity contribution in [2.45, 2.75) is 26.2 Å². The third-order valence-electron chi connectivity index (χ3n) is 4.06. The van der Waals surface area contributed by atoms with Crippen LogP contribution in [0.1, 0.15) is 35.3 Å². The van der Waals surface area contributed by atoms with Crippen LogP contribution in [0.15, 0.2) is 48.5 Å². The van der Waals surface area contributed by atoms with E-state index in [-0.39, 0.29) is 23.8 Å². The lowest BCUT2D eigenvalue weighted by Crippen LogP contribution is -2.42. The summed E-state index contributed by atoms with van der Waals surface area (Å²) in [7, 11) is 0. The first kappa shape index (κ1) is 19.4. The maximum absolute atomic E-state index is 12.1. The van der Waals surface area contributed by atoms with Gasteiger partial charge in [0.1, 0.15) is 0 Å². The molecule has 0 aliphatic rings. The van der Waals surface area contributed by atoms with Gasteiger partial charge in [0.05, 0.1) is 12.1 Å². The monoisotopic (exact) mass is 450 g/mol. The Bertz CT molecular complexity index is 772. The molecule has 4 nitrogen and oxygen atoms in total. The van der Waals surface area contributed by atoms with E-state index in [0.717, 1.165) is 3.57 Å². The molecule has 25 heavy (non-hydrogen) atoms. The Kier molecular flexibility index (Phi) is 6.58. The molecule has 2 rings (SSSR count). The van der Waals surface area contributed by atoms with Crippen LogP contribution < -0.4 is 10.6 Å². The number of amides is 2. The van der Waals surface area contributed by atoms with Gasteiger partial charge in [0.25, 0.3) is 5.91 Å². The molecular weight excluding hydrogens is 427 g/mol. The second-order valence-electron chi connectivity index (χ2n) is 6.69. The largest absolute Gasteiger partial charge is 0.354 e. The lowest BCUT2D eigenvalue weighted by molar-refractivity contribution is -0.120. The molecule has 132 valence electrons. The summed E-state index contributed by atoms with van der Waals surface area (Å²) in [6.07, 6.45) is 0. The zero-order chi connectivity index (χ0) is 18.4. The number of carbonyl (C=O) groups is 2. The fourth-order valence-electron chi connectivity index (χ4n) is 2.45. The van der Waals surface area contributed by atoms with E-state index >= 15 is 0 Å². The van der Waals surface area contributed by atoms with Gasteiger partial charge in [0.15, 0.2) is 0 Å². The standard InChI is InChI=1S/C20H23IN2O2/c1-14-7-6-8-15(11-14)20(2,3)13-23-18(24)12-22-19(25)16-9-4-5-10-17(16)21/h4-11H,12-13H2,1-3H3,(H,22,25)(H,23,24). The third-order valence-corrected chi connectivity index (χ3v) is 5.00. The van der Waals surface area contributed by atoms with Crippen molar-refractivity contribution in [3.05, 3.63) is 68.8 Å². The SMILES string of the molecule is Cc1cccc(C(C)(C)CNC(=O)CNC(=O)c2ccccc2I)c1. The highest BCUT2D eigenvalue weighted by molar-refractivity contribution is 14.1. The van der Waals surface area contributed by atoms with Gasteiger partial charge in [-0.3, -0.25) is 9.59 Å². The fourth-order valence-corrected chi connectivity index (χ4v) is 3.08. The average Bonchev–Trinajstić information content (AvgIpc) is 2.58. The highest BCUT2D eigenvalue weighted by Gasteiger charge is 2.21. The molecule has 0 heterocycles. The molecule has 0 unspecified atom stereocenters. The van der Waals surface area contributed by atoms with Crippen molar-refractivity contribution >= 4 is 34.4 Å². The van der Waals surface area contributed by atoms with Gasteiger partial charge in [0, 0.05) is 15.5 Å². The van der Waals surface area contributed by atoms with Crippen LogP contribution in [-0.4, -0.2) is 24.9 Å². The van der Waals surface area contributed by atoms with Crippen LogP contribution in [0.25, 0.3) is 0 Å². The number of hydrogen-bond donors (Lipinski definition) is 2. The van der Waals surface area contributed by atoms with Crippen molar-refractivity contribution in [2.24, 2.45) is 0 Å². The molecule has 2 aromatic carbocycles. The Morgan fingerprint density at radius 3 is 2.44 bits per heavy atom. The molecule has 2 N–H and O–H groups in total. The van der Waals surface area contributed by atoms with Gasteiger partial charge in [-0.2, -0.15) is 0 Å². The highest BCUT2D eigenvalue weighted by Crippen LogP contribution is 2.22. The molecule has 0 aliphatic heterocycles. The summed E-state index contributed by atoms with van der Waals surface area (Å²) in [4.78, 5) is 24.2. The van der Waals surface area contributed by atoms with Gasteiger partial charge in [-0.25, -0.2) is 0 Å². The van der Waals surface area contributed by atoms with E-state index in [1.165, 1.54) is 11.1 Å². The summed E-state index contributed by atoms with van der Waals surface area (Å²) >= 11 is 2.11. The van der Waals surface area contributed by atoms with Gasteiger partial charge in [-0.15, -0.1) is 0 Å². The minimum absolute atomic E-state index is 0.0340. The molecule has 0 saturated carbocycles. The molecule has 0 radical (unpaired) electrons. The third kappa shape index (κ3) is 5.56. The van der Waals surface area contributed by atoms with E-state index < -0.39 is 0 Å². The van der Waals surface area contributed by atoms with Crippen LogP contribution in [0.2, 0.25) is 0 Å². The van der Waals surface area contributed by atoms with Gasteiger partial charge in [-0.05, 0) is 47.2 Å². The van der Waals surface area contributed by atoms with Crippen LogP contribution >= 0.6 is 22.6 Å². The van der Waals surface area contributed by atoms with Crippen molar-refractivity contribution in [3.8, 4) is 0 Å². The van der Waals surface area contributed by atoms with Crippen molar-refractivity contribution < 1.29 is 9.59 Å². The van der Waals surface area contributed by atoms with Crippen LogP contribution in [0, 0.1) is 10.5 Å². The van der Waals surface area contributed by atoms with E-state index in [2.05, 4.69) is 72.2 Å². The Morgan fingerprint density at radius 2 is 1.76 bits per heavy atom. The van der Waals surface area contributed by atoms with E-state index in [9.17, 15) is 9.59 Å². The number of rotatable bonds is 6. The van der Waals surface area contributed by atoms with Crippen LogP contribution in [0.4, 0.5) is 0 Å². The van der Waals surface area contributed by atoms with Crippen molar-refractivity contribution in [2.75, 3.05) is 13.1 Å². The molecule has 0 saturated heterocycles. The smallest absolute Gasteiger partial charge is 0.252 e. The molecule has 2 aromatic rings. The minimum Gasteiger partial charge on any atom is -0.354 e. The summed E-state index contributed by atoms with van der Waals surface area (Å²) in [5, 5.41) is 5.58. The predicted molar refractivity (Wildman–Crippen MR) is 109 cm³/mol. The molecule has 0 spiro atoms. The normalized spacial score (nSPS) is 11.0. The Labute approximate surface area is 162 Å². The minimum atomic E-state index is -0.238. The van der Waals surface area contributed by atoms with Gasteiger partial charge < -0.3 is 10.6 Å². The highest BCUT2D eigenvalue weighted by atomic mass is 127. The summed E-state index contributed by atoms with van der Waals surface area (Å²) < 4.78 is 0.860. The van der Waals surface area contributed by atoms with E-state index in [4.69, 9.17) is 0 Å². The first-order valence-corrected chi connectivity index (χ1v) is 9.24. The number of aryl methyl sites for hydroxylation is 1. The first-order chi connectivity index (χ1) is 11.8. The molecule has 0 aliphatic carbocycles. The van der Waals surface area contributed by atoms with Gasteiger partial charge >= 0.3 is 0 Å². The number of hydrogen-bond acceptors (Lipinski definition) is 2. The topological polar surface area (TPSA) is 58.2 Å². The maximum atomic E-state index is 12.1. The summed E-state index contributed by atoms with van der Waals surface area (Å²) in [6, 6.07) is 15.6. The molecule has 0 fully saturated rings. The molecular formula is C20H23IN2O2. The summed E-state index contributed by atoms with van der Waals surface area (Å²) in [6.45, 7) is 6.71. The zero-order valence-corrected chi connectivity index (χ0v) is 16.9. The Hall–Kier alpha value is -1.89. The quantitative estimate of drug-likeness (QED) is 0.663. The Morgan fingerprint density at radius 1 is 1.04 bits per heavy atom. The van der Waals surface area contributed by atoms with Crippen molar-refractivity contribution in [1.82, 2.24) is 10.6 Å². The van der Waals surface area contributed by atoms with Gasteiger partial charge in [-0.1, -0.05) is 55.8 Å². The summed E-state index contributed by atoms with van der Waals surface area (Å²) in [5.41, 5.74) is 2.77. The zero-order valence-electron chi connectivity index (χ0n) is 14.7. The average molecular weight is 450 g/mol. The predicted octanol–water partition coefficient (Wildman–Crippen LogP) is 3.42. The number of nitrogens with one attached hydrogen (secondary N) is 2. The van der Waals surface area contributed by atoms with Crippen LogP contribution in [0.5, 0.6) is 0 Å².